The highest BCUT2D eigenvalue weighted by molar-refractivity contribution is 6.29. The van der Waals surface area contributed by atoms with Gasteiger partial charge in [-0.3, -0.25) is 10.1 Å². The van der Waals surface area contributed by atoms with Crippen LogP contribution in [0.2, 0.25) is 5.15 Å². The summed E-state index contributed by atoms with van der Waals surface area (Å²) in [6, 6.07) is 9.83. The van der Waals surface area contributed by atoms with Crippen molar-refractivity contribution in [2.24, 2.45) is 0 Å². The fraction of sp³-hybridized carbons (Fsp3) is 0.214. The number of halogens is 1. The normalized spacial score (nSPS) is 10.3. The van der Waals surface area contributed by atoms with Gasteiger partial charge in [0.25, 0.3) is 5.69 Å². The lowest BCUT2D eigenvalue weighted by Crippen LogP contribution is -1.95. The molecule has 0 fully saturated rings. The maximum atomic E-state index is 10.8. The van der Waals surface area contributed by atoms with Crippen molar-refractivity contribution in [1.82, 2.24) is 4.98 Å². The average molecular weight is 293 g/mol. The fourth-order valence-corrected chi connectivity index (χ4v) is 1.88. The van der Waals surface area contributed by atoms with Gasteiger partial charge in [-0.2, -0.15) is 0 Å². The molecule has 0 spiro atoms. The SMILES string of the molecule is CCCOc1ccc(-c2cc([N+](=O)[O-])cc(Cl)n2)cc1. The third-order valence-corrected chi connectivity index (χ3v) is 2.81. The van der Waals surface area contributed by atoms with E-state index in [9.17, 15) is 10.1 Å². The van der Waals surface area contributed by atoms with Crippen LogP contribution >= 0.6 is 11.6 Å². The number of hydrogen-bond acceptors (Lipinski definition) is 4. The molecule has 0 bridgehead atoms. The Kier molecular flexibility index (Phi) is 4.53. The predicted molar refractivity (Wildman–Crippen MR) is 77.1 cm³/mol. The highest BCUT2D eigenvalue weighted by Gasteiger charge is 2.11. The molecule has 0 unspecified atom stereocenters. The minimum Gasteiger partial charge on any atom is -0.494 e. The third kappa shape index (κ3) is 3.45. The molecule has 2 aromatic rings. The quantitative estimate of drug-likeness (QED) is 0.473. The maximum absolute atomic E-state index is 10.8. The molecule has 2 rings (SSSR count). The maximum Gasteiger partial charge on any atom is 0.274 e. The van der Waals surface area contributed by atoms with Gasteiger partial charge in [-0.15, -0.1) is 0 Å². The van der Waals surface area contributed by atoms with E-state index in [4.69, 9.17) is 16.3 Å². The summed E-state index contributed by atoms with van der Waals surface area (Å²) in [5.74, 6) is 0.757. The number of benzene rings is 1. The first-order valence-electron chi connectivity index (χ1n) is 6.15. The lowest BCUT2D eigenvalue weighted by Gasteiger charge is -2.06. The molecule has 0 aliphatic rings. The summed E-state index contributed by atoms with van der Waals surface area (Å²) in [6.45, 7) is 2.68. The van der Waals surface area contributed by atoms with Gasteiger partial charge in [-0.1, -0.05) is 18.5 Å². The van der Waals surface area contributed by atoms with E-state index in [1.165, 1.54) is 12.1 Å². The minimum atomic E-state index is -0.490. The van der Waals surface area contributed by atoms with Gasteiger partial charge in [0, 0.05) is 11.6 Å². The Morgan fingerprint density at radius 3 is 2.60 bits per heavy atom. The van der Waals surface area contributed by atoms with Gasteiger partial charge < -0.3 is 4.74 Å². The smallest absolute Gasteiger partial charge is 0.274 e. The number of aromatic nitrogens is 1. The molecule has 0 aliphatic heterocycles. The lowest BCUT2D eigenvalue weighted by molar-refractivity contribution is -0.384. The second-order valence-corrected chi connectivity index (χ2v) is 4.55. The molecular weight excluding hydrogens is 280 g/mol. The predicted octanol–water partition coefficient (Wildman–Crippen LogP) is 4.10. The standard InChI is InChI=1S/C14H13ClN2O3/c1-2-7-20-12-5-3-10(4-6-12)13-8-11(17(18)19)9-14(15)16-13/h3-6,8-9H,2,7H2,1H3. The molecule has 5 nitrogen and oxygen atoms in total. The van der Waals surface area contributed by atoms with Crippen LogP contribution in [0.3, 0.4) is 0 Å². The van der Waals surface area contributed by atoms with E-state index in [-0.39, 0.29) is 10.8 Å². The van der Waals surface area contributed by atoms with Crippen LogP contribution < -0.4 is 4.74 Å². The molecule has 0 atom stereocenters. The average Bonchev–Trinajstić information content (AvgIpc) is 2.45. The number of nitro groups is 1. The van der Waals surface area contributed by atoms with Crippen LogP contribution in [-0.4, -0.2) is 16.5 Å². The minimum absolute atomic E-state index is 0.0775. The molecule has 0 saturated heterocycles. The van der Waals surface area contributed by atoms with Crippen LogP contribution in [0.15, 0.2) is 36.4 Å². The van der Waals surface area contributed by atoms with E-state index in [0.29, 0.717) is 12.3 Å². The molecular formula is C14H13ClN2O3. The molecule has 0 N–H and O–H groups in total. The zero-order valence-electron chi connectivity index (χ0n) is 10.9. The third-order valence-electron chi connectivity index (χ3n) is 2.61. The van der Waals surface area contributed by atoms with E-state index >= 15 is 0 Å². The van der Waals surface area contributed by atoms with E-state index < -0.39 is 4.92 Å². The van der Waals surface area contributed by atoms with E-state index in [0.717, 1.165) is 17.7 Å². The van der Waals surface area contributed by atoms with Gasteiger partial charge in [-0.05, 0) is 30.7 Å². The summed E-state index contributed by atoms with van der Waals surface area (Å²) in [4.78, 5) is 14.4. The summed E-state index contributed by atoms with van der Waals surface area (Å²) in [5.41, 5.74) is 1.14. The Labute approximate surface area is 121 Å². The van der Waals surface area contributed by atoms with Crippen molar-refractivity contribution >= 4 is 17.3 Å². The molecule has 1 heterocycles. The molecule has 20 heavy (non-hydrogen) atoms. The Bertz CT molecular complexity index is 614. The van der Waals surface area contributed by atoms with Crippen molar-refractivity contribution in [2.45, 2.75) is 13.3 Å². The van der Waals surface area contributed by atoms with Crippen LogP contribution in [0.25, 0.3) is 11.3 Å². The molecule has 0 amide bonds. The van der Waals surface area contributed by atoms with Gasteiger partial charge in [0.1, 0.15) is 10.9 Å². The summed E-state index contributed by atoms with van der Waals surface area (Å²) >= 11 is 5.80. The Balaban J connectivity index is 2.29. The van der Waals surface area contributed by atoms with Crippen molar-refractivity contribution < 1.29 is 9.66 Å². The zero-order valence-corrected chi connectivity index (χ0v) is 11.6. The highest BCUT2D eigenvalue weighted by Crippen LogP contribution is 2.26. The van der Waals surface area contributed by atoms with Gasteiger partial charge in [-0.25, -0.2) is 4.98 Å². The first-order valence-corrected chi connectivity index (χ1v) is 6.53. The van der Waals surface area contributed by atoms with Gasteiger partial charge in [0.2, 0.25) is 0 Å². The highest BCUT2D eigenvalue weighted by atomic mass is 35.5. The monoisotopic (exact) mass is 292 g/mol. The molecule has 0 saturated carbocycles. The number of ether oxygens (including phenoxy) is 1. The number of rotatable bonds is 5. The van der Waals surface area contributed by atoms with E-state index in [1.54, 1.807) is 24.3 Å². The van der Waals surface area contributed by atoms with Gasteiger partial charge in [0.05, 0.1) is 23.3 Å². The summed E-state index contributed by atoms with van der Waals surface area (Å²) < 4.78 is 5.48. The Hall–Kier alpha value is -2.14. The molecule has 104 valence electrons. The number of nitrogens with zero attached hydrogens (tertiary/aromatic N) is 2. The second-order valence-electron chi connectivity index (χ2n) is 4.16. The van der Waals surface area contributed by atoms with Gasteiger partial charge in [0.15, 0.2) is 0 Å². The summed E-state index contributed by atoms with van der Waals surface area (Å²) in [5, 5.41) is 10.9. The largest absolute Gasteiger partial charge is 0.494 e. The molecule has 0 aliphatic carbocycles. The van der Waals surface area contributed by atoms with Crippen molar-refractivity contribution in [1.29, 1.82) is 0 Å². The zero-order chi connectivity index (χ0) is 14.5. The summed E-state index contributed by atoms with van der Waals surface area (Å²) in [6.07, 6.45) is 0.934. The van der Waals surface area contributed by atoms with Crippen molar-refractivity contribution in [3.63, 3.8) is 0 Å². The first kappa shape index (κ1) is 14.3. The Morgan fingerprint density at radius 2 is 2.00 bits per heavy atom. The van der Waals surface area contributed by atoms with Crippen molar-refractivity contribution in [2.75, 3.05) is 6.61 Å². The molecule has 0 radical (unpaired) electrons. The fourth-order valence-electron chi connectivity index (χ4n) is 1.68. The molecule has 1 aromatic heterocycles. The van der Waals surface area contributed by atoms with Gasteiger partial charge >= 0.3 is 0 Å². The number of pyridine rings is 1. The van der Waals surface area contributed by atoms with E-state index in [2.05, 4.69) is 4.98 Å². The summed E-state index contributed by atoms with van der Waals surface area (Å²) in [7, 11) is 0. The lowest BCUT2D eigenvalue weighted by atomic mass is 10.1. The first-order chi connectivity index (χ1) is 9.60. The van der Waals surface area contributed by atoms with E-state index in [1.807, 2.05) is 6.92 Å². The van der Waals surface area contributed by atoms with Crippen molar-refractivity contribution in [3.05, 3.63) is 51.7 Å². The van der Waals surface area contributed by atoms with Crippen LogP contribution in [-0.2, 0) is 0 Å². The van der Waals surface area contributed by atoms with Crippen LogP contribution in [0.5, 0.6) is 5.75 Å². The topological polar surface area (TPSA) is 65.3 Å². The van der Waals surface area contributed by atoms with Crippen LogP contribution in [0.4, 0.5) is 5.69 Å². The second kappa shape index (κ2) is 6.34. The molecule has 6 heteroatoms. The van der Waals surface area contributed by atoms with Crippen LogP contribution in [0.1, 0.15) is 13.3 Å². The van der Waals surface area contributed by atoms with Crippen molar-refractivity contribution in [3.8, 4) is 17.0 Å². The Morgan fingerprint density at radius 1 is 1.30 bits per heavy atom. The number of hydrogen-bond donors (Lipinski definition) is 0. The van der Waals surface area contributed by atoms with Crippen LogP contribution in [0, 0.1) is 10.1 Å². The molecule has 1 aromatic carbocycles.